The number of ether oxygens (including phenoxy) is 1. The van der Waals surface area contributed by atoms with Gasteiger partial charge in [0.25, 0.3) is 0 Å². The molecule has 0 aliphatic carbocycles. The van der Waals surface area contributed by atoms with Gasteiger partial charge in [-0.3, -0.25) is 0 Å². The van der Waals surface area contributed by atoms with E-state index in [1.54, 1.807) is 0 Å². The molecule has 17 heavy (non-hydrogen) atoms. The zero-order valence-electron chi connectivity index (χ0n) is 10.7. The third kappa shape index (κ3) is 2.88. The van der Waals surface area contributed by atoms with Gasteiger partial charge in [-0.05, 0) is 38.2 Å². The first kappa shape index (κ1) is 12.6. The van der Waals surface area contributed by atoms with E-state index in [1.165, 1.54) is 18.4 Å². The SMILES string of the molecule is CC1OCCC1(CN)CCCc1ccccc1. The molecule has 1 aliphatic rings. The van der Waals surface area contributed by atoms with Crippen LogP contribution in [0.1, 0.15) is 31.7 Å². The minimum absolute atomic E-state index is 0.231. The second kappa shape index (κ2) is 5.65. The molecule has 0 aromatic heterocycles. The second-order valence-electron chi connectivity index (χ2n) is 5.17. The first-order valence-corrected chi connectivity index (χ1v) is 6.62. The molecular formula is C15H23NO. The lowest BCUT2D eigenvalue weighted by atomic mass is 9.77. The average molecular weight is 233 g/mol. The summed E-state index contributed by atoms with van der Waals surface area (Å²) in [6, 6.07) is 10.7. The molecule has 2 nitrogen and oxygen atoms in total. The van der Waals surface area contributed by atoms with Gasteiger partial charge in [0.1, 0.15) is 0 Å². The van der Waals surface area contributed by atoms with Crippen LogP contribution in [0.5, 0.6) is 0 Å². The highest BCUT2D eigenvalue weighted by Gasteiger charge is 2.39. The number of hydrogen-bond acceptors (Lipinski definition) is 2. The molecule has 0 amide bonds. The highest BCUT2D eigenvalue weighted by atomic mass is 16.5. The zero-order chi connectivity index (χ0) is 12.1. The highest BCUT2D eigenvalue weighted by molar-refractivity contribution is 5.14. The monoisotopic (exact) mass is 233 g/mol. The molecule has 2 N–H and O–H groups in total. The molecule has 2 rings (SSSR count). The topological polar surface area (TPSA) is 35.2 Å². The smallest absolute Gasteiger partial charge is 0.0616 e. The van der Waals surface area contributed by atoms with Crippen LogP contribution in [-0.4, -0.2) is 19.3 Å². The molecule has 1 aromatic rings. The fourth-order valence-electron chi connectivity index (χ4n) is 2.81. The molecule has 0 spiro atoms. The van der Waals surface area contributed by atoms with Gasteiger partial charge in [0.15, 0.2) is 0 Å². The maximum atomic E-state index is 5.96. The van der Waals surface area contributed by atoms with E-state index in [1.807, 2.05) is 0 Å². The summed E-state index contributed by atoms with van der Waals surface area (Å²) in [5, 5.41) is 0. The summed E-state index contributed by atoms with van der Waals surface area (Å²) >= 11 is 0. The van der Waals surface area contributed by atoms with Crippen molar-refractivity contribution in [2.45, 2.75) is 38.7 Å². The second-order valence-corrected chi connectivity index (χ2v) is 5.17. The number of nitrogens with two attached hydrogens (primary N) is 1. The fourth-order valence-corrected chi connectivity index (χ4v) is 2.81. The molecule has 0 radical (unpaired) electrons. The zero-order valence-corrected chi connectivity index (χ0v) is 10.7. The Morgan fingerprint density at radius 2 is 2.12 bits per heavy atom. The van der Waals surface area contributed by atoms with Crippen molar-refractivity contribution < 1.29 is 4.74 Å². The first-order valence-electron chi connectivity index (χ1n) is 6.62. The fraction of sp³-hybridized carbons (Fsp3) is 0.600. The van der Waals surface area contributed by atoms with Crippen LogP contribution in [0.2, 0.25) is 0 Å². The van der Waals surface area contributed by atoms with Gasteiger partial charge in [-0.1, -0.05) is 30.3 Å². The van der Waals surface area contributed by atoms with E-state index in [0.29, 0.717) is 6.10 Å². The molecule has 2 unspecified atom stereocenters. The molecule has 1 aliphatic heterocycles. The quantitative estimate of drug-likeness (QED) is 0.848. The van der Waals surface area contributed by atoms with Crippen molar-refractivity contribution in [1.82, 2.24) is 0 Å². The van der Waals surface area contributed by atoms with Gasteiger partial charge >= 0.3 is 0 Å². The molecule has 1 fully saturated rings. The Bertz CT molecular complexity index is 338. The van der Waals surface area contributed by atoms with Crippen LogP contribution in [0.4, 0.5) is 0 Å². The number of hydrogen-bond donors (Lipinski definition) is 1. The Balaban J connectivity index is 1.85. The van der Waals surface area contributed by atoms with Crippen molar-refractivity contribution in [3.8, 4) is 0 Å². The molecule has 1 saturated heterocycles. The third-order valence-electron chi connectivity index (χ3n) is 4.22. The first-order chi connectivity index (χ1) is 8.27. The molecule has 2 heteroatoms. The normalized spacial score (nSPS) is 28.5. The molecule has 1 aromatic carbocycles. The number of benzene rings is 1. The van der Waals surface area contributed by atoms with E-state index < -0.39 is 0 Å². The predicted molar refractivity (Wildman–Crippen MR) is 70.9 cm³/mol. The van der Waals surface area contributed by atoms with E-state index >= 15 is 0 Å². The maximum Gasteiger partial charge on any atom is 0.0616 e. The van der Waals surface area contributed by atoms with Crippen LogP contribution >= 0.6 is 0 Å². The summed E-state index contributed by atoms with van der Waals surface area (Å²) in [5.41, 5.74) is 7.61. The van der Waals surface area contributed by atoms with E-state index in [-0.39, 0.29) is 5.41 Å². The summed E-state index contributed by atoms with van der Waals surface area (Å²) < 4.78 is 5.68. The predicted octanol–water partition coefficient (Wildman–Crippen LogP) is 2.76. The van der Waals surface area contributed by atoms with Crippen molar-refractivity contribution in [2.24, 2.45) is 11.1 Å². The Labute approximate surface area is 104 Å². The third-order valence-corrected chi connectivity index (χ3v) is 4.22. The van der Waals surface area contributed by atoms with Crippen LogP contribution in [0.25, 0.3) is 0 Å². The van der Waals surface area contributed by atoms with Crippen LogP contribution in [0.15, 0.2) is 30.3 Å². The van der Waals surface area contributed by atoms with Crippen LogP contribution in [0.3, 0.4) is 0 Å². The average Bonchev–Trinajstić information content (AvgIpc) is 2.73. The highest BCUT2D eigenvalue weighted by Crippen LogP contribution is 2.38. The van der Waals surface area contributed by atoms with Crippen molar-refractivity contribution >= 4 is 0 Å². The van der Waals surface area contributed by atoms with Gasteiger partial charge in [0.2, 0.25) is 0 Å². The molecule has 94 valence electrons. The molecule has 1 heterocycles. The standard InChI is InChI=1S/C15H23NO/c1-13-15(12-16,10-11-17-13)9-5-8-14-6-3-2-4-7-14/h2-4,6-7,13H,5,8-12,16H2,1H3. The van der Waals surface area contributed by atoms with E-state index in [0.717, 1.165) is 26.0 Å². The summed E-state index contributed by atoms with van der Waals surface area (Å²) in [6.07, 6.45) is 4.98. The van der Waals surface area contributed by atoms with Crippen LogP contribution < -0.4 is 5.73 Å². The van der Waals surface area contributed by atoms with Gasteiger partial charge < -0.3 is 10.5 Å². The van der Waals surface area contributed by atoms with Gasteiger partial charge in [0, 0.05) is 18.6 Å². The van der Waals surface area contributed by atoms with Crippen LogP contribution in [-0.2, 0) is 11.2 Å². The Morgan fingerprint density at radius 3 is 2.71 bits per heavy atom. The lowest BCUT2D eigenvalue weighted by molar-refractivity contribution is 0.0620. The largest absolute Gasteiger partial charge is 0.378 e. The van der Waals surface area contributed by atoms with E-state index in [4.69, 9.17) is 10.5 Å². The number of aryl methyl sites for hydroxylation is 1. The lowest BCUT2D eigenvalue weighted by Crippen LogP contribution is -2.36. The Kier molecular flexibility index (Phi) is 4.19. The van der Waals surface area contributed by atoms with Crippen molar-refractivity contribution in [1.29, 1.82) is 0 Å². The lowest BCUT2D eigenvalue weighted by Gasteiger charge is -2.30. The number of rotatable bonds is 5. The molecule has 0 saturated carbocycles. The van der Waals surface area contributed by atoms with E-state index in [9.17, 15) is 0 Å². The Morgan fingerprint density at radius 1 is 1.35 bits per heavy atom. The van der Waals surface area contributed by atoms with Crippen LogP contribution in [0, 0.1) is 5.41 Å². The van der Waals surface area contributed by atoms with Gasteiger partial charge in [-0.15, -0.1) is 0 Å². The summed E-state index contributed by atoms with van der Waals surface area (Å²) in [6.45, 7) is 3.80. The minimum Gasteiger partial charge on any atom is -0.378 e. The van der Waals surface area contributed by atoms with Crippen molar-refractivity contribution in [2.75, 3.05) is 13.2 Å². The van der Waals surface area contributed by atoms with Crippen molar-refractivity contribution in [3.05, 3.63) is 35.9 Å². The minimum atomic E-state index is 0.231. The van der Waals surface area contributed by atoms with E-state index in [2.05, 4.69) is 37.3 Å². The summed E-state index contributed by atoms with van der Waals surface area (Å²) in [5.74, 6) is 0. The molecule has 0 bridgehead atoms. The van der Waals surface area contributed by atoms with Crippen molar-refractivity contribution in [3.63, 3.8) is 0 Å². The maximum absolute atomic E-state index is 5.96. The van der Waals surface area contributed by atoms with Gasteiger partial charge in [-0.25, -0.2) is 0 Å². The summed E-state index contributed by atoms with van der Waals surface area (Å²) in [4.78, 5) is 0. The van der Waals surface area contributed by atoms with Gasteiger partial charge in [-0.2, -0.15) is 0 Å². The Hall–Kier alpha value is -0.860. The molecule has 2 atom stereocenters. The molecular weight excluding hydrogens is 210 g/mol. The van der Waals surface area contributed by atoms with Gasteiger partial charge in [0.05, 0.1) is 6.10 Å². The summed E-state index contributed by atoms with van der Waals surface area (Å²) in [7, 11) is 0.